The molecule has 1 aliphatic rings. The van der Waals surface area contributed by atoms with Crippen molar-refractivity contribution < 1.29 is 4.74 Å². The molecule has 138 valence electrons. The molecule has 0 atom stereocenters. The molecule has 0 unspecified atom stereocenters. The summed E-state index contributed by atoms with van der Waals surface area (Å²) in [6.45, 7) is 5.80. The topological polar surface area (TPSA) is 53.0 Å². The Morgan fingerprint density at radius 2 is 1.85 bits per heavy atom. The third kappa shape index (κ3) is 5.20. The van der Waals surface area contributed by atoms with Gasteiger partial charge in [0.2, 0.25) is 0 Å². The second-order valence-electron chi connectivity index (χ2n) is 6.17. The molecule has 26 heavy (non-hydrogen) atoms. The Kier molecular flexibility index (Phi) is 6.84. The number of hydrogen-bond donors (Lipinski definition) is 1. The maximum atomic E-state index is 5.72. The van der Waals surface area contributed by atoms with Gasteiger partial charge in [0, 0.05) is 46.0 Å². The van der Waals surface area contributed by atoms with Crippen LogP contribution in [0.5, 0.6) is 0 Å². The molecule has 1 aliphatic heterocycles. The van der Waals surface area contributed by atoms with Gasteiger partial charge in [0.15, 0.2) is 5.96 Å². The van der Waals surface area contributed by atoms with Gasteiger partial charge in [-0.3, -0.25) is 4.99 Å². The van der Waals surface area contributed by atoms with Crippen molar-refractivity contribution in [1.29, 1.82) is 0 Å². The zero-order chi connectivity index (χ0) is 18.0. The molecular weight excluding hydrogens is 326 g/mol. The Hall–Kier alpha value is -2.60. The number of pyridine rings is 1. The van der Waals surface area contributed by atoms with Crippen LogP contribution in [0.15, 0.2) is 59.7 Å². The first-order valence-electron chi connectivity index (χ1n) is 9.10. The molecule has 6 nitrogen and oxygen atoms in total. The van der Waals surface area contributed by atoms with Crippen molar-refractivity contribution in [2.45, 2.75) is 6.61 Å². The van der Waals surface area contributed by atoms with Crippen LogP contribution in [-0.2, 0) is 11.3 Å². The van der Waals surface area contributed by atoms with E-state index in [2.05, 4.69) is 43.3 Å². The monoisotopic (exact) mass is 353 g/mol. The van der Waals surface area contributed by atoms with Gasteiger partial charge in [-0.15, -0.1) is 0 Å². The molecule has 1 aromatic carbocycles. The lowest BCUT2D eigenvalue weighted by Gasteiger charge is -2.37. The molecular formula is C20H27N5O. The molecule has 6 heteroatoms. The van der Waals surface area contributed by atoms with E-state index < -0.39 is 0 Å². The molecule has 2 heterocycles. The van der Waals surface area contributed by atoms with Gasteiger partial charge < -0.3 is 19.9 Å². The number of anilines is 1. The Bertz CT molecular complexity index is 669. The van der Waals surface area contributed by atoms with Gasteiger partial charge in [0.25, 0.3) is 0 Å². The average molecular weight is 353 g/mol. The first-order chi connectivity index (χ1) is 12.9. The lowest BCUT2D eigenvalue weighted by atomic mass is 10.2. The highest BCUT2D eigenvalue weighted by Gasteiger charge is 2.20. The van der Waals surface area contributed by atoms with E-state index >= 15 is 0 Å². The van der Waals surface area contributed by atoms with Crippen LogP contribution in [0.2, 0.25) is 0 Å². The molecule has 0 spiro atoms. The van der Waals surface area contributed by atoms with Crippen LogP contribution in [0.25, 0.3) is 0 Å². The van der Waals surface area contributed by atoms with Crippen molar-refractivity contribution in [3.05, 3.63) is 60.3 Å². The van der Waals surface area contributed by atoms with Crippen LogP contribution in [0.4, 0.5) is 5.82 Å². The van der Waals surface area contributed by atoms with Crippen molar-refractivity contribution in [2.75, 3.05) is 51.3 Å². The summed E-state index contributed by atoms with van der Waals surface area (Å²) in [5, 5.41) is 3.40. The minimum atomic E-state index is 0.643. The van der Waals surface area contributed by atoms with Crippen LogP contribution in [0, 0.1) is 0 Å². The van der Waals surface area contributed by atoms with E-state index in [-0.39, 0.29) is 0 Å². The van der Waals surface area contributed by atoms with Crippen LogP contribution < -0.4 is 10.2 Å². The van der Waals surface area contributed by atoms with Crippen molar-refractivity contribution in [1.82, 2.24) is 15.2 Å². The Balaban J connectivity index is 1.37. The molecule has 0 radical (unpaired) electrons. The fraction of sp³-hybridized carbons (Fsp3) is 0.400. The molecule has 0 amide bonds. The van der Waals surface area contributed by atoms with E-state index in [1.54, 1.807) is 0 Å². The predicted molar refractivity (Wildman–Crippen MR) is 105 cm³/mol. The summed E-state index contributed by atoms with van der Waals surface area (Å²) in [5.74, 6) is 1.98. The minimum Gasteiger partial charge on any atom is -0.375 e. The average Bonchev–Trinajstić information content (AvgIpc) is 2.72. The van der Waals surface area contributed by atoms with Crippen molar-refractivity contribution in [3.63, 3.8) is 0 Å². The summed E-state index contributed by atoms with van der Waals surface area (Å²) in [6.07, 6.45) is 1.84. The second-order valence-corrected chi connectivity index (χ2v) is 6.17. The smallest absolute Gasteiger partial charge is 0.193 e. The van der Waals surface area contributed by atoms with Crippen molar-refractivity contribution in [3.8, 4) is 0 Å². The van der Waals surface area contributed by atoms with Gasteiger partial charge in [-0.1, -0.05) is 36.4 Å². The quantitative estimate of drug-likeness (QED) is 0.489. The van der Waals surface area contributed by atoms with E-state index in [0.29, 0.717) is 13.2 Å². The lowest BCUT2D eigenvalue weighted by Crippen LogP contribution is -2.53. The zero-order valence-corrected chi connectivity index (χ0v) is 15.3. The van der Waals surface area contributed by atoms with Crippen LogP contribution >= 0.6 is 0 Å². The number of ether oxygens (including phenoxy) is 1. The molecule has 1 saturated heterocycles. The van der Waals surface area contributed by atoms with Gasteiger partial charge >= 0.3 is 0 Å². The van der Waals surface area contributed by atoms with Gasteiger partial charge in [-0.05, 0) is 17.7 Å². The fourth-order valence-corrected chi connectivity index (χ4v) is 3.02. The van der Waals surface area contributed by atoms with Gasteiger partial charge in [0.05, 0.1) is 13.2 Å². The number of benzene rings is 1. The fourth-order valence-electron chi connectivity index (χ4n) is 3.02. The first kappa shape index (κ1) is 18.2. The largest absolute Gasteiger partial charge is 0.375 e. The van der Waals surface area contributed by atoms with Gasteiger partial charge in [-0.25, -0.2) is 4.98 Å². The number of hydrogen-bond acceptors (Lipinski definition) is 4. The van der Waals surface area contributed by atoms with Crippen LogP contribution in [0.1, 0.15) is 5.56 Å². The van der Waals surface area contributed by atoms with Gasteiger partial charge in [0.1, 0.15) is 5.82 Å². The number of piperazine rings is 1. The molecule has 1 fully saturated rings. The second kappa shape index (κ2) is 9.77. The molecule has 2 aromatic rings. The highest BCUT2D eigenvalue weighted by atomic mass is 16.5. The molecule has 0 bridgehead atoms. The number of nitrogens with zero attached hydrogens (tertiary/aromatic N) is 4. The van der Waals surface area contributed by atoms with Gasteiger partial charge in [-0.2, -0.15) is 0 Å². The summed E-state index contributed by atoms with van der Waals surface area (Å²) in [7, 11) is 1.83. The zero-order valence-electron chi connectivity index (χ0n) is 15.3. The third-order valence-electron chi connectivity index (χ3n) is 4.41. The van der Waals surface area contributed by atoms with Crippen molar-refractivity contribution in [2.24, 2.45) is 4.99 Å². The molecule has 1 aromatic heterocycles. The van der Waals surface area contributed by atoms with Crippen LogP contribution in [0.3, 0.4) is 0 Å². The maximum absolute atomic E-state index is 5.72. The molecule has 0 aliphatic carbocycles. The van der Waals surface area contributed by atoms with Crippen molar-refractivity contribution >= 4 is 11.8 Å². The molecule has 0 saturated carbocycles. The standard InChI is InChI=1S/C20H27N5O/c1-21-20(23-11-16-26-17-18-7-3-2-4-8-18)25-14-12-24(13-15-25)19-9-5-6-10-22-19/h2-10H,11-17H2,1H3,(H,21,23). The lowest BCUT2D eigenvalue weighted by molar-refractivity contribution is 0.125. The summed E-state index contributed by atoms with van der Waals surface area (Å²) < 4.78 is 5.72. The summed E-state index contributed by atoms with van der Waals surface area (Å²) >= 11 is 0. The summed E-state index contributed by atoms with van der Waals surface area (Å²) in [5.41, 5.74) is 1.20. The Morgan fingerprint density at radius 3 is 2.54 bits per heavy atom. The van der Waals surface area contributed by atoms with E-state index in [1.165, 1.54) is 5.56 Å². The summed E-state index contributed by atoms with van der Waals surface area (Å²) in [6, 6.07) is 16.3. The molecule has 1 N–H and O–H groups in total. The highest BCUT2D eigenvalue weighted by Crippen LogP contribution is 2.12. The number of aliphatic imine (C=N–C) groups is 1. The maximum Gasteiger partial charge on any atom is 0.193 e. The number of rotatable bonds is 6. The van der Waals surface area contributed by atoms with Crippen LogP contribution in [-0.4, -0.2) is 62.2 Å². The van der Waals surface area contributed by atoms with E-state index in [1.807, 2.05) is 43.6 Å². The van der Waals surface area contributed by atoms with E-state index in [0.717, 1.165) is 44.5 Å². The Morgan fingerprint density at radius 1 is 1.08 bits per heavy atom. The Labute approximate surface area is 155 Å². The molecule has 3 rings (SSSR count). The predicted octanol–water partition coefficient (Wildman–Crippen LogP) is 2.00. The SMILES string of the molecule is CN=C(NCCOCc1ccccc1)N1CCN(c2ccccn2)CC1. The van der Waals surface area contributed by atoms with E-state index in [4.69, 9.17) is 4.74 Å². The number of aromatic nitrogens is 1. The highest BCUT2D eigenvalue weighted by molar-refractivity contribution is 5.80. The number of nitrogens with one attached hydrogen (secondary N) is 1. The van der Waals surface area contributed by atoms with E-state index in [9.17, 15) is 0 Å². The normalized spacial score (nSPS) is 15.2. The third-order valence-corrected chi connectivity index (χ3v) is 4.41. The minimum absolute atomic E-state index is 0.643. The number of guanidine groups is 1. The first-order valence-corrected chi connectivity index (χ1v) is 9.10. The summed E-state index contributed by atoms with van der Waals surface area (Å²) in [4.78, 5) is 13.4.